The van der Waals surface area contributed by atoms with Crippen LogP contribution in [0.3, 0.4) is 0 Å². The summed E-state index contributed by atoms with van der Waals surface area (Å²) >= 11 is 0. The second-order valence-electron chi connectivity index (χ2n) is 6.81. The highest BCUT2D eigenvalue weighted by Gasteiger charge is 2.29. The van der Waals surface area contributed by atoms with Crippen molar-refractivity contribution >= 4 is 0 Å². The Labute approximate surface area is 127 Å². The van der Waals surface area contributed by atoms with E-state index in [0.29, 0.717) is 29.0 Å². The third kappa shape index (κ3) is 3.82. The molecule has 3 heteroatoms. The number of hydrogen-bond donors (Lipinski definition) is 1. The van der Waals surface area contributed by atoms with Crippen LogP contribution in [0.25, 0.3) is 0 Å². The summed E-state index contributed by atoms with van der Waals surface area (Å²) in [7, 11) is 0. The summed E-state index contributed by atoms with van der Waals surface area (Å²) in [6.07, 6.45) is 4.86. The Morgan fingerprint density at radius 1 is 1.05 bits per heavy atom. The van der Waals surface area contributed by atoms with Gasteiger partial charge in [0.2, 0.25) is 0 Å². The Morgan fingerprint density at radius 3 is 2.38 bits per heavy atom. The predicted octanol–water partition coefficient (Wildman–Crippen LogP) is 5.14. The van der Waals surface area contributed by atoms with Gasteiger partial charge in [-0.2, -0.15) is 0 Å². The highest BCUT2D eigenvalue weighted by molar-refractivity contribution is 5.27. The smallest absolute Gasteiger partial charge is 0.128 e. The minimum absolute atomic E-state index is 0.163. The van der Waals surface area contributed by atoms with Crippen LogP contribution in [0.4, 0.5) is 8.78 Å². The summed E-state index contributed by atoms with van der Waals surface area (Å²) in [6, 6.07) is 2.88. The van der Waals surface area contributed by atoms with E-state index in [1.807, 2.05) is 6.92 Å². The average Bonchev–Trinajstić information content (AvgIpc) is 2.43. The van der Waals surface area contributed by atoms with Crippen molar-refractivity contribution in [3.8, 4) is 0 Å². The lowest BCUT2D eigenvalue weighted by molar-refractivity contribution is 0.194. The van der Waals surface area contributed by atoms with Gasteiger partial charge >= 0.3 is 0 Å². The molecule has 0 bridgehead atoms. The Kier molecular flexibility index (Phi) is 5.37. The first-order valence-corrected chi connectivity index (χ1v) is 8.11. The molecule has 3 unspecified atom stereocenters. The van der Waals surface area contributed by atoms with Crippen molar-refractivity contribution < 1.29 is 8.78 Å². The zero-order chi connectivity index (χ0) is 15.6. The van der Waals surface area contributed by atoms with E-state index in [1.54, 1.807) is 6.92 Å². The molecule has 0 spiro atoms. The highest BCUT2D eigenvalue weighted by atomic mass is 19.1. The van der Waals surface area contributed by atoms with E-state index in [2.05, 4.69) is 19.2 Å². The monoisotopic (exact) mass is 295 g/mol. The summed E-state index contributed by atoms with van der Waals surface area (Å²) in [5.41, 5.74) is 0.798. The summed E-state index contributed by atoms with van der Waals surface area (Å²) in [5, 5.41) is 3.55. The van der Waals surface area contributed by atoms with E-state index < -0.39 is 0 Å². The quantitative estimate of drug-likeness (QED) is 0.811. The zero-order valence-corrected chi connectivity index (χ0v) is 13.5. The first kappa shape index (κ1) is 16.4. The van der Waals surface area contributed by atoms with E-state index in [4.69, 9.17) is 0 Å². The molecule has 1 saturated carbocycles. The van der Waals surface area contributed by atoms with Crippen LogP contribution in [0, 0.1) is 30.4 Å². The molecule has 0 heterocycles. The minimum Gasteiger partial charge on any atom is -0.307 e. The number of benzene rings is 1. The average molecular weight is 295 g/mol. The summed E-state index contributed by atoms with van der Waals surface area (Å²) in [6.45, 7) is 8.03. The maximum Gasteiger partial charge on any atom is 0.128 e. The van der Waals surface area contributed by atoms with E-state index in [-0.39, 0.29) is 17.7 Å². The van der Waals surface area contributed by atoms with Gasteiger partial charge in [-0.3, -0.25) is 0 Å². The van der Waals surface area contributed by atoms with Gasteiger partial charge in [0.15, 0.2) is 0 Å². The molecule has 0 amide bonds. The van der Waals surface area contributed by atoms with Gasteiger partial charge in [-0.15, -0.1) is 0 Å². The molecule has 2 rings (SSSR count). The van der Waals surface area contributed by atoms with Gasteiger partial charge in [0.25, 0.3) is 0 Å². The normalized spacial score (nSPS) is 24.3. The molecule has 21 heavy (non-hydrogen) atoms. The van der Waals surface area contributed by atoms with Crippen molar-refractivity contribution in [1.82, 2.24) is 5.32 Å². The Bertz CT molecular complexity index is 484. The van der Waals surface area contributed by atoms with Gasteiger partial charge < -0.3 is 5.32 Å². The largest absolute Gasteiger partial charge is 0.307 e. The summed E-state index contributed by atoms with van der Waals surface area (Å²) in [5.74, 6) is 0.601. The molecule has 1 aromatic rings. The molecule has 0 saturated heterocycles. The number of rotatable bonds is 4. The number of hydrogen-bond acceptors (Lipinski definition) is 1. The maximum atomic E-state index is 14.1. The van der Waals surface area contributed by atoms with Crippen molar-refractivity contribution in [2.45, 2.75) is 65.5 Å². The summed E-state index contributed by atoms with van der Waals surface area (Å²) < 4.78 is 27.8. The second-order valence-corrected chi connectivity index (χ2v) is 6.81. The van der Waals surface area contributed by atoms with Crippen LogP contribution in [-0.2, 0) is 0 Å². The maximum absolute atomic E-state index is 14.1. The number of halogens is 2. The molecule has 0 radical (unpaired) electrons. The van der Waals surface area contributed by atoms with Crippen LogP contribution in [0.2, 0.25) is 0 Å². The lowest BCUT2D eigenvalue weighted by atomic mass is 9.77. The van der Waals surface area contributed by atoms with E-state index in [0.717, 1.165) is 6.42 Å². The van der Waals surface area contributed by atoms with Gasteiger partial charge in [0.1, 0.15) is 11.6 Å². The van der Waals surface area contributed by atoms with Crippen LogP contribution < -0.4 is 5.32 Å². The molecule has 1 aliphatic carbocycles. The second kappa shape index (κ2) is 6.87. The lowest BCUT2D eigenvalue weighted by Crippen LogP contribution is -2.42. The van der Waals surface area contributed by atoms with Crippen LogP contribution in [0.5, 0.6) is 0 Å². The Balaban J connectivity index is 2.13. The van der Waals surface area contributed by atoms with Crippen LogP contribution in [0.1, 0.15) is 63.6 Å². The van der Waals surface area contributed by atoms with Crippen molar-refractivity contribution in [2.24, 2.45) is 11.8 Å². The summed E-state index contributed by atoms with van der Waals surface area (Å²) in [4.78, 5) is 0. The van der Waals surface area contributed by atoms with Crippen LogP contribution in [0.15, 0.2) is 12.1 Å². The number of nitrogens with one attached hydrogen (secondary N) is 1. The highest BCUT2D eigenvalue weighted by Crippen LogP contribution is 2.32. The predicted molar refractivity (Wildman–Crippen MR) is 83.2 cm³/mol. The Morgan fingerprint density at radius 2 is 1.71 bits per heavy atom. The third-order valence-corrected chi connectivity index (χ3v) is 4.88. The molecule has 0 aromatic heterocycles. The molecule has 3 atom stereocenters. The van der Waals surface area contributed by atoms with E-state index in [9.17, 15) is 8.78 Å². The first-order valence-electron chi connectivity index (χ1n) is 8.11. The SMILES string of the molecule is Cc1cc(F)c(C(C)NC2CCCCC2C(C)C)cc1F. The van der Waals surface area contributed by atoms with E-state index >= 15 is 0 Å². The fraction of sp³-hybridized carbons (Fsp3) is 0.667. The Hall–Kier alpha value is -0.960. The van der Waals surface area contributed by atoms with Crippen molar-refractivity contribution in [3.05, 3.63) is 34.9 Å². The minimum atomic E-state index is -0.330. The molecular formula is C18H27F2N. The van der Waals surface area contributed by atoms with E-state index in [1.165, 1.54) is 31.4 Å². The van der Waals surface area contributed by atoms with Gasteiger partial charge in [-0.25, -0.2) is 8.78 Å². The fourth-order valence-corrected chi connectivity index (χ4v) is 3.57. The van der Waals surface area contributed by atoms with Crippen molar-refractivity contribution in [2.75, 3.05) is 0 Å². The zero-order valence-electron chi connectivity index (χ0n) is 13.5. The molecule has 1 fully saturated rings. The molecule has 1 aliphatic rings. The molecule has 0 aliphatic heterocycles. The molecule has 1 N–H and O–H groups in total. The standard InChI is InChI=1S/C18H27F2N/c1-11(2)14-7-5-6-8-18(14)21-13(4)15-10-16(19)12(3)9-17(15)20/h9-11,13-14,18,21H,5-8H2,1-4H3. The van der Waals surface area contributed by atoms with Crippen LogP contribution in [-0.4, -0.2) is 6.04 Å². The third-order valence-electron chi connectivity index (χ3n) is 4.88. The lowest BCUT2D eigenvalue weighted by Gasteiger charge is -2.37. The van der Waals surface area contributed by atoms with Crippen LogP contribution >= 0.6 is 0 Å². The topological polar surface area (TPSA) is 12.0 Å². The first-order chi connectivity index (χ1) is 9.90. The fourth-order valence-electron chi connectivity index (χ4n) is 3.57. The van der Waals surface area contributed by atoms with Gasteiger partial charge in [0, 0.05) is 17.6 Å². The van der Waals surface area contributed by atoms with Gasteiger partial charge in [-0.05, 0) is 56.2 Å². The molecule has 1 nitrogen and oxygen atoms in total. The molecular weight excluding hydrogens is 268 g/mol. The van der Waals surface area contributed by atoms with Gasteiger partial charge in [0.05, 0.1) is 0 Å². The van der Waals surface area contributed by atoms with Crippen molar-refractivity contribution in [3.63, 3.8) is 0 Å². The van der Waals surface area contributed by atoms with Crippen molar-refractivity contribution in [1.29, 1.82) is 0 Å². The van der Waals surface area contributed by atoms with Gasteiger partial charge in [-0.1, -0.05) is 26.7 Å². The number of aryl methyl sites for hydroxylation is 1. The molecule has 118 valence electrons. The molecule has 1 aromatic carbocycles.